The van der Waals surface area contributed by atoms with Crippen molar-refractivity contribution in [3.8, 4) is 17.0 Å². The van der Waals surface area contributed by atoms with Gasteiger partial charge in [-0.2, -0.15) is 0 Å². The van der Waals surface area contributed by atoms with Gasteiger partial charge in [0.1, 0.15) is 5.82 Å². The Bertz CT molecular complexity index is 1250. The van der Waals surface area contributed by atoms with Crippen molar-refractivity contribution in [1.82, 2.24) is 20.2 Å². The Hall–Kier alpha value is -3.65. The van der Waals surface area contributed by atoms with Gasteiger partial charge < -0.3 is 25.2 Å². The van der Waals surface area contributed by atoms with Crippen LogP contribution < -0.4 is 20.3 Å². The molecule has 0 spiro atoms. The standard InChI is InChI=1S/C28H32N6O2/c1-33-11-13-34(14-12-33)21-5-8-25(30-16-21)32-24-7-6-22(23-17-31-28(35)27(23)24)20-9-10-29-26(15-20)36-18-19-3-2-4-19/h5-10,15-16,19H,2-4,11-14,17-18H2,1H3,(H,30,32)(H,31,35). The molecule has 4 heterocycles. The van der Waals surface area contributed by atoms with Gasteiger partial charge in [0, 0.05) is 45.0 Å². The first-order valence-electron chi connectivity index (χ1n) is 12.8. The average molecular weight is 485 g/mol. The molecule has 1 aliphatic carbocycles. The minimum absolute atomic E-state index is 0.0704. The maximum Gasteiger partial charge on any atom is 0.254 e. The molecule has 1 saturated carbocycles. The van der Waals surface area contributed by atoms with Crippen molar-refractivity contribution in [2.24, 2.45) is 5.92 Å². The number of amides is 1. The van der Waals surface area contributed by atoms with Crippen LogP contribution in [-0.4, -0.2) is 60.6 Å². The Morgan fingerprint density at radius 3 is 2.69 bits per heavy atom. The fraction of sp³-hybridized carbons (Fsp3) is 0.393. The molecular formula is C28H32N6O2. The van der Waals surface area contributed by atoms with Gasteiger partial charge in [-0.25, -0.2) is 9.97 Å². The van der Waals surface area contributed by atoms with Gasteiger partial charge in [0.05, 0.1) is 29.7 Å². The number of benzene rings is 1. The number of nitrogens with zero attached hydrogens (tertiary/aromatic N) is 4. The summed E-state index contributed by atoms with van der Waals surface area (Å²) < 4.78 is 5.95. The summed E-state index contributed by atoms with van der Waals surface area (Å²) in [4.78, 5) is 26.5. The molecule has 1 amide bonds. The molecule has 1 aromatic carbocycles. The van der Waals surface area contributed by atoms with Gasteiger partial charge in [-0.05, 0) is 66.8 Å². The van der Waals surface area contributed by atoms with Crippen molar-refractivity contribution in [1.29, 1.82) is 0 Å². The van der Waals surface area contributed by atoms with Gasteiger partial charge in [0.15, 0.2) is 0 Å². The van der Waals surface area contributed by atoms with Gasteiger partial charge in [0.25, 0.3) is 5.91 Å². The predicted octanol–water partition coefficient (Wildman–Crippen LogP) is 4.06. The lowest BCUT2D eigenvalue weighted by molar-refractivity contribution is 0.0966. The predicted molar refractivity (Wildman–Crippen MR) is 141 cm³/mol. The maximum absolute atomic E-state index is 12.8. The number of nitrogens with one attached hydrogen (secondary N) is 2. The quantitative estimate of drug-likeness (QED) is 0.523. The van der Waals surface area contributed by atoms with E-state index in [2.05, 4.69) is 49.6 Å². The molecule has 0 unspecified atom stereocenters. The second-order valence-electron chi connectivity index (χ2n) is 10.0. The Morgan fingerprint density at radius 1 is 1.08 bits per heavy atom. The summed E-state index contributed by atoms with van der Waals surface area (Å²) in [5, 5.41) is 6.36. The Balaban J connectivity index is 1.22. The molecule has 1 saturated heterocycles. The summed E-state index contributed by atoms with van der Waals surface area (Å²) in [6.45, 7) is 5.33. The molecule has 2 aromatic heterocycles. The van der Waals surface area contributed by atoms with E-state index < -0.39 is 0 Å². The molecule has 0 atom stereocenters. The molecule has 3 aliphatic rings. The lowest BCUT2D eigenvalue weighted by atomic mass is 9.86. The number of carbonyl (C=O) groups excluding carboxylic acids is 1. The number of carbonyl (C=O) groups is 1. The van der Waals surface area contributed by atoms with Crippen LogP contribution in [0.3, 0.4) is 0 Å². The van der Waals surface area contributed by atoms with Crippen LogP contribution in [0, 0.1) is 5.92 Å². The lowest BCUT2D eigenvalue weighted by Gasteiger charge is -2.33. The van der Waals surface area contributed by atoms with Gasteiger partial charge in [-0.15, -0.1) is 0 Å². The zero-order valence-corrected chi connectivity index (χ0v) is 20.7. The van der Waals surface area contributed by atoms with Gasteiger partial charge in [-0.3, -0.25) is 4.79 Å². The summed E-state index contributed by atoms with van der Waals surface area (Å²) in [5.74, 6) is 1.94. The van der Waals surface area contributed by atoms with E-state index in [-0.39, 0.29) is 5.91 Å². The summed E-state index contributed by atoms with van der Waals surface area (Å²) in [7, 11) is 2.15. The normalized spacial score (nSPS) is 17.9. The van der Waals surface area contributed by atoms with Crippen molar-refractivity contribution in [2.45, 2.75) is 25.8 Å². The lowest BCUT2D eigenvalue weighted by Crippen LogP contribution is -2.44. The molecule has 0 bridgehead atoms. The molecule has 3 aromatic rings. The number of anilines is 3. The zero-order chi connectivity index (χ0) is 24.5. The minimum Gasteiger partial charge on any atom is -0.477 e. The third-order valence-corrected chi connectivity index (χ3v) is 7.58. The topological polar surface area (TPSA) is 82.6 Å². The highest BCUT2D eigenvalue weighted by Gasteiger charge is 2.27. The third-order valence-electron chi connectivity index (χ3n) is 7.58. The fourth-order valence-electron chi connectivity index (χ4n) is 5.09. The summed E-state index contributed by atoms with van der Waals surface area (Å²) in [5.41, 5.74) is 5.56. The van der Waals surface area contributed by atoms with Crippen molar-refractivity contribution in [3.63, 3.8) is 0 Å². The minimum atomic E-state index is -0.0704. The first kappa shape index (κ1) is 22.8. The van der Waals surface area contributed by atoms with E-state index in [9.17, 15) is 4.79 Å². The number of hydrogen-bond acceptors (Lipinski definition) is 7. The molecule has 8 heteroatoms. The van der Waals surface area contributed by atoms with Crippen LogP contribution in [0.15, 0.2) is 48.8 Å². The van der Waals surface area contributed by atoms with Gasteiger partial charge >= 0.3 is 0 Å². The van der Waals surface area contributed by atoms with E-state index in [4.69, 9.17) is 4.74 Å². The summed E-state index contributed by atoms with van der Waals surface area (Å²) in [6.07, 6.45) is 7.46. The highest BCUT2D eigenvalue weighted by Crippen LogP contribution is 2.36. The van der Waals surface area contributed by atoms with Gasteiger partial charge in [0.2, 0.25) is 5.88 Å². The van der Waals surface area contributed by atoms with E-state index in [0.717, 1.165) is 66.7 Å². The first-order valence-corrected chi connectivity index (χ1v) is 12.8. The molecule has 6 rings (SSSR count). The van der Waals surface area contributed by atoms with Crippen molar-refractivity contribution < 1.29 is 9.53 Å². The van der Waals surface area contributed by atoms with E-state index >= 15 is 0 Å². The summed E-state index contributed by atoms with van der Waals surface area (Å²) >= 11 is 0. The second-order valence-corrected chi connectivity index (χ2v) is 10.0. The number of fused-ring (bicyclic) bond motifs is 1. The largest absolute Gasteiger partial charge is 0.477 e. The van der Waals surface area contributed by atoms with Crippen LogP contribution in [0.2, 0.25) is 0 Å². The van der Waals surface area contributed by atoms with Crippen LogP contribution in [0.1, 0.15) is 35.2 Å². The number of aromatic nitrogens is 2. The number of piperazine rings is 1. The third kappa shape index (κ3) is 4.60. The van der Waals surface area contributed by atoms with Crippen LogP contribution in [0.4, 0.5) is 17.2 Å². The fourth-order valence-corrected chi connectivity index (χ4v) is 5.09. The van der Waals surface area contributed by atoms with Crippen LogP contribution in [0.5, 0.6) is 5.88 Å². The maximum atomic E-state index is 12.8. The Morgan fingerprint density at radius 2 is 1.94 bits per heavy atom. The van der Waals surface area contributed by atoms with Gasteiger partial charge in [-0.1, -0.05) is 12.5 Å². The molecule has 8 nitrogen and oxygen atoms in total. The highest BCUT2D eigenvalue weighted by molar-refractivity contribution is 6.06. The Labute approximate surface area is 211 Å². The van der Waals surface area contributed by atoms with E-state index in [1.54, 1.807) is 6.20 Å². The smallest absolute Gasteiger partial charge is 0.254 e. The van der Waals surface area contributed by atoms with E-state index in [1.807, 2.05) is 30.5 Å². The molecule has 186 valence electrons. The zero-order valence-electron chi connectivity index (χ0n) is 20.7. The molecular weight excluding hydrogens is 452 g/mol. The van der Waals surface area contributed by atoms with E-state index in [1.165, 1.54) is 19.3 Å². The van der Waals surface area contributed by atoms with Crippen molar-refractivity contribution in [2.75, 3.05) is 50.1 Å². The Kier molecular flexibility index (Phi) is 6.19. The van der Waals surface area contributed by atoms with Crippen molar-refractivity contribution in [3.05, 3.63) is 59.9 Å². The summed E-state index contributed by atoms with van der Waals surface area (Å²) in [6, 6.07) is 12.0. The first-order chi connectivity index (χ1) is 17.6. The number of pyridine rings is 2. The monoisotopic (exact) mass is 484 g/mol. The number of likely N-dealkylation sites (N-methyl/N-ethyl adjacent to an activating group) is 1. The van der Waals surface area contributed by atoms with Crippen LogP contribution >= 0.6 is 0 Å². The average Bonchev–Trinajstić information content (AvgIpc) is 3.26. The molecule has 2 N–H and O–H groups in total. The SMILES string of the molecule is CN1CCN(c2ccc(Nc3ccc(-c4ccnc(OCC5CCC5)c4)c4c3C(=O)NC4)nc2)CC1. The number of hydrogen-bond donors (Lipinski definition) is 2. The highest BCUT2D eigenvalue weighted by atomic mass is 16.5. The second kappa shape index (κ2) is 9.78. The van der Waals surface area contributed by atoms with Crippen LogP contribution in [-0.2, 0) is 6.54 Å². The number of ether oxygens (including phenoxy) is 1. The molecule has 0 radical (unpaired) electrons. The van der Waals surface area contributed by atoms with E-state index in [0.29, 0.717) is 23.9 Å². The molecule has 2 fully saturated rings. The van der Waals surface area contributed by atoms with Crippen molar-refractivity contribution >= 4 is 23.1 Å². The number of rotatable bonds is 7. The molecule has 36 heavy (non-hydrogen) atoms. The molecule has 2 aliphatic heterocycles. The van der Waals surface area contributed by atoms with Crippen LogP contribution in [0.25, 0.3) is 11.1 Å².